The Kier molecular flexibility index (Phi) is 4.32. The molecule has 0 aromatic heterocycles. The lowest BCUT2D eigenvalue weighted by atomic mass is 10.1. The Balaban J connectivity index is 2.14. The summed E-state index contributed by atoms with van der Waals surface area (Å²) in [4.78, 5) is 12.0. The number of hydrogen-bond acceptors (Lipinski definition) is 3. The number of hydrogen-bond donors (Lipinski definition) is 0. The van der Waals surface area contributed by atoms with Gasteiger partial charge in [0.05, 0.1) is 5.56 Å². The molecule has 3 nitrogen and oxygen atoms in total. The van der Waals surface area contributed by atoms with Crippen molar-refractivity contribution in [2.24, 2.45) is 0 Å². The maximum absolute atomic E-state index is 12.0. The summed E-state index contributed by atoms with van der Waals surface area (Å²) in [7, 11) is 0. The largest absolute Gasteiger partial charge is 0.457 e. The van der Waals surface area contributed by atoms with Gasteiger partial charge in [0, 0.05) is 0 Å². The second-order valence-electron chi connectivity index (χ2n) is 5.94. The van der Waals surface area contributed by atoms with E-state index in [0.717, 1.165) is 5.75 Å². The first-order valence-electron chi connectivity index (χ1n) is 6.91. The van der Waals surface area contributed by atoms with Crippen LogP contribution >= 0.6 is 0 Å². The molecule has 21 heavy (non-hydrogen) atoms. The molecule has 110 valence electrons. The first-order valence-corrected chi connectivity index (χ1v) is 6.91. The van der Waals surface area contributed by atoms with Crippen LogP contribution in [0.3, 0.4) is 0 Å². The third-order valence-corrected chi connectivity index (χ3v) is 2.73. The molecule has 0 fully saturated rings. The predicted octanol–water partition coefficient (Wildman–Crippen LogP) is 4.74. The summed E-state index contributed by atoms with van der Waals surface area (Å²) >= 11 is 0. The van der Waals surface area contributed by atoms with Gasteiger partial charge in [-0.05, 0) is 58.0 Å². The molecule has 0 atom stereocenters. The van der Waals surface area contributed by atoms with Crippen molar-refractivity contribution < 1.29 is 14.3 Å². The summed E-state index contributed by atoms with van der Waals surface area (Å²) < 4.78 is 11.1. The van der Waals surface area contributed by atoms with Gasteiger partial charge in [-0.15, -0.1) is 0 Å². The van der Waals surface area contributed by atoms with Gasteiger partial charge in [0.25, 0.3) is 0 Å². The number of esters is 1. The lowest BCUT2D eigenvalue weighted by Gasteiger charge is -2.19. The van der Waals surface area contributed by atoms with Crippen LogP contribution < -0.4 is 4.74 Å². The Morgan fingerprint density at radius 3 is 2.24 bits per heavy atom. The highest BCUT2D eigenvalue weighted by Gasteiger charge is 2.18. The van der Waals surface area contributed by atoms with E-state index in [-0.39, 0.29) is 5.97 Å². The molecular weight excluding hydrogens is 264 g/mol. The molecule has 0 N–H and O–H groups in total. The highest BCUT2D eigenvalue weighted by atomic mass is 16.6. The molecule has 0 saturated heterocycles. The van der Waals surface area contributed by atoms with Crippen molar-refractivity contribution in [3.63, 3.8) is 0 Å². The molecule has 2 rings (SSSR count). The average molecular weight is 284 g/mol. The first-order chi connectivity index (χ1) is 9.83. The zero-order valence-electron chi connectivity index (χ0n) is 12.8. The molecule has 0 amide bonds. The summed E-state index contributed by atoms with van der Waals surface area (Å²) in [5.41, 5.74) is 1.14. The quantitative estimate of drug-likeness (QED) is 0.763. The summed E-state index contributed by atoms with van der Waals surface area (Å²) in [5.74, 6) is 1.00. The predicted molar refractivity (Wildman–Crippen MR) is 82.9 cm³/mol. The topological polar surface area (TPSA) is 35.5 Å². The van der Waals surface area contributed by atoms with Crippen molar-refractivity contribution in [1.29, 1.82) is 0 Å². The van der Waals surface area contributed by atoms with Gasteiger partial charge in [-0.2, -0.15) is 0 Å². The van der Waals surface area contributed by atoms with Gasteiger partial charge in [-0.25, -0.2) is 4.79 Å². The molecule has 2 aromatic carbocycles. The van der Waals surface area contributed by atoms with Crippen LogP contribution in [0.4, 0.5) is 0 Å². The van der Waals surface area contributed by atoms with Crippen molar-refractivity contribution >= 4 is 5.97 Å². The molecule has 0 aliphatic rings. The van der Waals surface area contributed by atoms with Gasteiger partial charge < -0.3 is 9.47 Å². The molecular formula is C18H20O3. The van der Waals surface area contributed by atoms with Crippen LogP contribution in [0.5, 0.6) is 11.5 Å². The first kappa shape index (κ1) is 15.1. The number of aryl methyl sites for hydroxylation is 1. The summed E-state index contributed by atoms with van der Waals surface area (Å²) in [6.45, 7) is 7.56. The van der Waals surface area contributed by atoms with E-state index in [1.54, 1.807) is 18.2 Å². The number of carbonyl (C=O) groups excluding carboxylic acids is 1. The fourth-order valence-electron chi connectivity index (χ4n) is 1.77. The number of carbonyl (C=O) groups is 1. The summed E-state index contributed by atoms with van der Waals surface area (Å²) in [6, 6.07) is 14.8. The zero-order valence-corrected chi connectivity index (χ0v) is 12.8. The molecule has 0 aliphatic heterocycles. The van der Waals surface area contributed by atoms with E-state index in [1.807, 2.05) is 58.0 Å². The number of ether oxygens (including phenoxy) is 2. The molecule has 0 aliphatic carbocycles. The highest BCUT2D eigenvalue weighted by Crippen LogP contribution is 2.23. The van der Waals surface area contributed by atoms with Crippen molar-refractivity contribution in [2.75, 3.05) is 0 Å². The van der Waals surface area contributed by atoms with Gasteiger partial charge in [0.2, 0.25) is 0 Å². The molecule has 3 heteroatoms. The summed E-state index contributed by atoms with van der Waals surface area (Å²) in [5, 5.41) is 0. The Hall–Kier alpha value is -2.29. The lowest BCUT2D eigenvalue weighted by Crippen LogP contribution is -2.23. The van der Waals surface area contributed by atoms with E-state index in [1.165, 1.54) is 5.56 Å². The fourth-order valence-corrected chi connectivity index (χ4v) is 1.77. The molecule has 0 heterocycles. The van der Waals surface area contributed by atoms with Gasteiger partial charge in [0.15, 0.2) is 0 Å². The van der Waals surface area contributed by atoms with E-state index in [0.29, 0.717) is 11.3 Å². The lowest BCUT2D eigenvalue weighted by molar-refractivity contribution is 0.00692. The molecule has 0 radical (unpaired) electrons. The Morgan fingerprint density at radius 2 is 1.62 bits per heavy atom. The summed E-state index contributed by atoms with van der Waals surface area (Å²) in [6.07, 6.45) is 0. The average Bonchev–Trinajstić information content (AvgIpc) is 2.40. The van der Waals surface area contributed by atoms with Crippen LogP contribution in [-0.2, 0) is 4.74 Å². The molecule has 0 unspecified atom stereocenters. The second kappa shape index (κ2) is 6.00. The monoisotopic (exact) mass is 284 g/mol. The van der Waals surface area contributed by atoms with Crippen molar-refractivity contribution in [2.45, 2.75) is 33.3 Å². The molecule has 0 spiro atoms. The van der Waals surface area contributed by atoms with E-state index in [9.17, 15) is 4.79 Å². The van der Waals surface area contributed by atoms with Crippen LogP contribution in [0.2, 0.25) is 0 Å². The minimum atomic E-state index is -0.509. The normalized spacial score (nSPS) is 11.0. The van der Waals surface area contributed by atoms with Crippen LogP contribution in [0, 0.1) is 6.92 Å². The van der Waals surface area contributed by atoms with Crippen molar-refractivity contribution in [3.8, 4) is 11.5 Å². The Morgan fingerprint density at radius 1 is 0.952 bits per heavy atom. The minimum Gasteiger partial charge on any atom is -0.457 e. The third kappa shape index (κ3) is 4.63. The number of benzene rings is 2. The SMILES string of the molecule is Cc1ccc(Oc2cccc(C(=O)OC(C)(C)C)c2)cc1. The maximum Gasteiger partial charge on any atom is 0.338 e. The molecule has 0 bridgehead atoms. The van der Waals surface area contributed by atoms with Gasteiger partial charge in [-0.3, -0.25) is 0 Å². The van der Waals surface area contributed by atoms with E-state index < -0.39 is 5.60 Å². The van der Waals surface area contributed by atoms with Gasteiger partial charge in [-0.1, -0.05) is 23.8 Å². The van der Waals surface area contributed by atoms with Crippen LogP contribution in [0.15, 0.2) is 48.5 Å². The highest BCUT2D eigenvalue weighted by molar-refractivity contribution is 5.90. The van der Waals surface area contributed by atoms with Crippen molar-refractivity contribution in [3.05, 3.63) is 59.7 Å². The van der Waals surface area contributed by atoms with Crippen LogP contribution in [0.25, 0.3) is 0 Å². The van der Waals surface area contributed by atoms with Gasteiger partial charge >= 0.3 is 5.97 Å². The third-order valence-electron chi connectivity index (χ3n) is 2.73. The molecule has 2 aromatic rings. The van der Waals surface area contributed by atoms with Crippen LogP contribution in [-0.4, -0.2) is 11.6 Å². The van der Waals surface area contributed by atoms with E-state index >= 15 is 0 Å². The number of rotatable bonds is 3. The second-order valence-corrected chi connectivity index (χ2v) is 5.94. The smallest absolute Gasteiger partial charge is 0.338 e. The van der Waals surface area contributed by atoms with E-state index in [4.69, 9.17) is 9.47 Å². The fraction of sp³-hybridized carbons (Fsp3) is 0.278. The standard InChI is InChI=1S/C18H20O3/c1-13-8-10-15(11-9-13)20-16-7-5-6-14(12-16)17(19)21-18(2,3)4/h5-12H,1-4H3. The maximum atomic E-state index is 12.0. The van der Waals surface area contributed by atoms with E-state index in [2.05, 4.69) is 0 Å². The zero-order chi connectivity index (χ0) is 15.5. The van der Waals surface area contributed by atoms with Gasteiger partial charge in [0.1, 0.15) is 17.1 Å². The minimum absolute atomic E-state index is 0.350. The Bertz CT molecular complexity index is 622. The van der Waals surface area contributed by atoms with Crippen molar-refractivity contribution in [1.82, 2.24) is 0 Å². The molecule has 0 saturated carbocycles. The van der Waals surface area contributed by atoms with Crippen LogP contribution in [0.1, 0.15) is 36.7 Å². The Labute approximate surface area is 125 Å².